The van der Waals surface area contributed by atoms with E-state index in [0.29, 0.717) is 10.9 Å². The summed E-state index contributed by atoms with van der Waals surface area (Å²) in [5.41, 5.74) is -4.15. The van der Waals surface area contributed by atoms with Crippen molar-refractivity contribution in [1.29, 1.82) is 0 Å². The quantitative estimate of drug-likeness (QED) is 0.395. The lowest BCUT2D eigenvalue weighted by Gasteiger charge is -2.28. The van der Waals surface area contributed by atoms with Gasteiger partial charge in [0.2, 0.25) is 0 Å². The summed E-state index contributed by atoms with van der Waals surface area (Å²) in [4.78, 5) is 0. The van der Waals surface area contributed by atoms with E-state index in [1.807, 2.05) is 65.4 Å². The Kier molecular flexibility index (Phi) is 5.49. The second kappa shape index (κ2) is 7.98. The minimum absolute atomic E-state index is 0.492. The summed E-state index contributed by atoms with van der Waals surface area (Å²) in [5.74, 6) is -0.575. The van der Waals surface area contributed by atoms with E-state index in [1.165, 1.54) is 0 Å². The predicted octanol–water partition coefficient (Wildman–Crippen LogP) is 6.28. The lowest BCUT2D eigenvalue weighted by molar-refractivity contribution is -0.0451. The lowest BCUT2D eigenvalue weighted by Crippen LogP contribution is -2.40. The smallest absolute Gasteiger partial charge is 0.203 e. The van der Waals surface area contributed by atoms with Crippen LogP contribution in [0.4, 0.5) is 13.2 Å². The van der Waals surface area contributed by atoms with E-state index in [2.05, 4.69) is 0 Å². The Morgan fingerprint density at radius 1 is 0.710 bits per heavy atom. The Hall–Kier alpha value is -2.90. The summed E-state index contributed by atoms with van der Waals surface area (Å²) in [6, 6.07) is 24.5. The number of halogens is 3. The van der Waals surface area contributed by atoms with Gasteiger partial charge in [-0.25, -0.2) is 8.42 Å². The molecule has 7 heteroatoms. The number of benzene rings is 4. The number of alkyl halides is 3. The van der Waals surface area contributed by atoms with E-state index in [4.69, 9.17) is 0 Å². The van der Waals surface area contributed by atoms with Gasteiger partial charge in [0.15, 0.2) is 0 Å². The molecule has 0 amide bonds. The van der Waals surface area contributed by atoms with Gasteiger partial charge in [0.1, 0.15) is 0 Å². The SMILES string of the molecule is C[C@@H](c1cccc2ccccc12)[C@@H](NS(=O)(=O)C(F)(F)F)c1cccc2ccccc12. The van der Waals surface area contributed by atoms with Crippen LogP contribution in [0.25, 0.3) is 21.5 Å². The van der Waals surface area contributed by atoms with E-state index < -0.39 is 27.5 Å². The second-order valence-corrected chi connectivity index (χ2v) is 9.18. The second-order valence-electron chi connectivity index (χ2n) is 7.47. The first-order chi connectivity index (χ1) is 14.7. The summed E-state index contributed by atoms with van der Waals surface area (Å²) in [6.45, 7) is 1.74. The normalized spacial score (nSPS) is 14.6. The molecule has 0 bridgehead atoms. The van der Waals surface area contributed by atoms with Gasteiger partial charge in [-0.3, -0.25) is 0 Å². The Morgan fingerprint density at radius 2 is 1.16 bits per heavy atom. The first-order valence-corrected chi connectivity index (χ1v) is 11.2. The molecular formula is C24H20F3NO2S. The van der Waals surface area contributed by atoms with Crippen molar-refractivity contribution >= 4 is 31.6 Å². The topological polar surface area (TPSA) is 46.2 Å². The van der Waals surface area contributed by atoms with Crippen LogP contribution >= 0.6 is 0 Å². The van der Waals surface area contributed by atoms with Crippen molar-refractivity contribution < 1.29 is 21.6 Å². The van der Waals surface area contributed by atoms with Gasteiger partial charge in [-0.05, 0) is 32.7 Å². The zero-order valence-electron chi connectivity index (χ0n) is 16.6. The molecule has 0 heterocycles. The summed E-state index contributed by atoms with van der Waals surface area (Å²) in [6.07, 6.45) is 0. The maximum absolute atomic E-state index is 13.3. The fourth-order valence-electron chi connectivity index (χ4n) is 4.02. The van der Waals surface area contributed by atoms with Crippen LogP contribution in [0, 0.1) is 0 Å². The first-order valence-electron chi connectivity index (χ1n) is 9.73. The molecule has 0 aliphatic rings. The number of fused-ring (bicyclic) bond motifs is 2. The molecule has 31 heavy (non-hydrogen) atoms. The van der Waals surface area contributed by atoms with Gasteiger partial charge in [-0.2, -0.15) is 17.9 Å². The Bertz CT molecular complexity index is 1340. The molecule has 3 nitrogen and oxygen atoms in total. The van der Waals surface area contributed by atoms with Crippen LogP contribution in [0.3, 0.4) is 0 Å². The number of rotatable bonds is 5. The van der Waals surface area contributed by atoms with Crippen molar-refractivity contribution in [3.8, 4) is 0 Å². The van der Waals surface area contributed by atoms with Crippen molar-refractivity contribution in [2.75, 3.05) is 0 Å². The van der Waals surface area contributed by atoms with Crippen molar-refractivity contribution in [1.82, 2.24) is 4.72 Å². The molecule has 1 N–H and O–H groups in total. The number of sulfonamides is 1. The number of hydrogen-bond acceptors (Lipinski definition) is 2. The Morgan fingerprint density at radius 3 is 1.71 bits per heavy atom. The zero-order chi connectivity index (χ0) is 22.2. The predicted molar refractivity (Wildman–Crippen MR) is 117 cm³/mol. The highest BCUT2D eigenvalue weighted by molar-refractivity contribution is 7.90. The molecule has 0 aromatic heterocycles. The summed E-state index contributed by atoms with van der Waals surface area (Å²) >= 11 is 0. The van der Waals surface area contributed by atoms with Crippen molar-refractivity contribution in [3.05, 3.63) is 96.1 Å². The van der Waals surface area contributed by atoms with Gasteiger partial charge in [0.25, 0.3) is 0 Å². The van der Waals surface area contributed by atoms with Crippen LogP contribution < -0.4 is 4.72 Å². The molecule has 0 fully saturated rings. The minimum atomic E-state index is -5.57. The largest absolute Gasteiger partial charge is 0.511 e. The summed E-state index contributed by atoms with van der Waals surface area (Å²) in [7, 11) is -5.57. The van der Waals surface area contributed by atoms with Gasteiger partial charge in [-0.1, -0.05) is 91.9 Å². The highest BCUT2D eigenvalue weighted by Gasteiger charge is 2.47. The van der Waals surface area contributed by atoms with Gasteiger partial charge >= 0.3 is 15.5 Å². The third-order valence-electron chi connectivity index (χ3n) is 5.56. The van der Waals surface area contributed by atoms with Crippen LogP contribution in [-0.4, -0.2) is 13.9 Å². The molecule has 0 radical (unpaired) electrons. The van der Waals surface area contributed by atoms with Crippen LogP contribution in [0.15, 0.2) is 84.9 Å². The molecular weight excluding hydrogens is 423 g/mol. The van der Waals surface area contributed by atoms with Gasteiger partial charge < -0.3 is 0 Å². The third kappa shape index (κ3) is 4.03. The van der Waals surface area contributed by atoms with E-state index >= 15 is 0 Å². The molecule has 160 valence electrons. The molecule has 0 saturated heterocycles. The third-order valence-corrected chi connectivity index (χ3v) is 6.73. The van der Waals surface area contributed by atoms with Crippen LogP contribution in [0.1, 0.15) is 30.0 Å². The molecule has 4 aromatic carbocycles. The number of nitrogens with one attached hydrogen (secondary N) is 1. The molecule has 4 aromatic rings. The maximum atomic E-state index is 13.3. The highest BCUT2D eigenvalue weighted by atomic mass is 32.2. The van der Waals surface area contributed by atoms with Gasteiger partial charge in [-0.15, -0.1) is 0 Å². The van der Waals surface area contributed by atoms with Crippen molar-refractivity contribution in [3.63, 3.8) is 0 Å². The molecule has 4 rings (SSSR count). The maximum Gasteiger partial charge on any atom is 0.511 e. The highest BCUT2D eigenvalue weighted by Crippen LogP contribution is 2.39. The number of hydrogen-bond donors (Lipinski definition) is 1. The van der Waals surface area contributed by atoms with Gasteiger partial charge in [0, 0.05) is 5.92 Å². The average Bonchev–Trinajstić information content (AvgIpc) is 2.75. The lowest BCUT2D eigenvalue weighted by atomic mass is 9.85. The Labute approximate surface area is 178 Å². The van der Waals surface area contributed by atoms with E-state index in [-0.39, 0.29) is 0 Å². The first kappa shape index (κ1) is 21.3. The summed E-state index contributed by atoms with van der Waals surface area (Å²) < 4.78 is 66.1. The monoisotopic (exact) mass is 443 g/mol. The van der Waals surface area contributed by atoms with E-state index in [1.54, 1.807) is 31.2 Å². The molecule has 0 unspecified atom stereocenters. The fourth-order valence-corrected chi connectivity index (χ4v) is 4.82. The molecule has 0 spiro atoms. The van der Waals surface area contributed by atoms with Crippen LogP contribution in [0.2, 0.25) is 0 Å². The van der Waals surface area contributed by atoms with Crippen molar-refractivity contribution in [2.45, 2.75) is 24.4 Å². The zero-order valence-corrected chi connectivity index (χ0v) is 17.4. The molecule has 0 saturated carbocycles. The molecule has 0 aliphatic carbocycles. The van der Waals surface area contributed by atoms with Crippen LogP contribution in [-0.2, 0) is 10.0 Å². The van der Waals surface area contributed by atoms with Crippen LogP contribution in [0.5, 0.6) is 0 Å². The molecule has 2 atom stereocenters. The van der Waals surface area contributed by atoms with E-state index in [0.717, 1.165) is 21.7 Å². The molecule has 0 aliphatic heterocycles. The minimum Gasteiger partial charge on any atom is -0.203 e. The van der Waals surface area contributed by atoms with E-state index in [9.17, 15) is 21.6 Å². The average molecular weight is 443 g/mol. The Balaban J connectivity index is 1.92. The van der Waals surface area contributed by atoms with Crippen molar-refractivity contribution in [2.24, 2.45) is 0 Å². The standard InChI is InChI=1S/C24H20F3NO2S/c1-16(19-14-6-10-17-8-2-4-12-20(17)19)23(28-31(29,30)24(25,26)27)22-15-7-11-18-9-3-5-13-21(18)22/h2-16,23,28H,1H3/t16-,23+/m0/s1. The van der Waals surface area contributed by atoms with Gasteiger partial charge in [0.05, 0.1) is 6.04 Å². The summed E-state index contributed by atoms with van der Waals surface area (Å²) in [5, 5.41) is 3.32. The fraction of sp³-hybridized carbons (Fsp3) is 0.167.